The maximum Gasteiger partial charge on any atom is 0.251 e. The second-order valence-corrected chi connectivity index (χ2v) is 6.65. The molecule has 0 bridgehead atoms. The first-order chi connectivity index (χ1) is 11.1. The fraction of sp³-hybridized carbons (Fsp3) is 0.588. The number of hydrogen-bond donors (Lipinski definition) is 0. The average molecular weight is 318 g/mol. The highest BCUT2D eigenvalue weighted by Crippen LogP contribution is 2.36. The number of nitrogens with zero attached hydrogens (tertiary/aromatic N) is 2. The number of amides is 1. The molecule has 1 aromatic rings. The number of hydrogen-bond acceptors (Lipinski definition) is 5. The van der Waals surface area contributed by atoms with Crippen molar-refractivity contribution in [1.29, 1.82) is 0 Å². The van der Waals surface area contributed by atoms with Crippen LogP contribution in [0.3, 0.4) is 0 Å². The van der Waals surface area contributed by atoms with Gasteiger partial charge in [0.25, 0.3) is 5.91 Å². The van der Waals surface area contributed by atoms with Gasteiger partial charge in [-0.25, -0.2) is 0 Å². The number of likely N-dealkylation sites (N-methyl/N-ethyl adjacent to an activating group) is 1. The Kier molecular flexibility index (Phi) is 3.66. The lowest BCUT2D eigenvalue weighted by Gasteiger charge is -2.23. The Hall–Kier alpha value is -1.79. The molecule has 4 rings (SSSR count). The van der Waals surface area contributed by atoms with E-state index < -0.39 is 0 Å². The second-order valence-electron chi connectivity index (χ2n) is 6.65. The van der Waals surface area contributed by atoms with Crippen molar-refractivity contribution in [3.8, 4) is 11.5 Å². The van der Waals surface area contributed by atoms with E-state index in [1.807, 2.05) is 12.1 Å². The number of rotatable bonds is 3. The Balaban J connectivity index is 1.43. The van der Waals surface area contributed by atoms with Gasteiger partial charge in [0.2, 0.25) is 6.79 Å². The Morgan fingerprint density at radius 1 is 1.30 bits per heavy atom. The molecular weight excluding hydrogens is 296 g/mol. The summed E-state index contributed by atoms with van der Waals surface area (Å²) in [5, 5.41) is 0. The highest BCUT2D eigenvalue weighted by atomic mass is 16.7. The summed E-state index contributed by atoms with van der Waals surface area (Å²) in [6.07, 6.45) is 1.66. The molecule has 23 heavy (non-hydrogen) atoms. The van der Waals surface area contributed by atoms with Crippen LogP contribution in [0.5, 0.6) is 11.5 Å². The van der Waals surface area contributed by atoms with Crippen LogP contribution >= 0.6 is 0 Å². The van der Waals surface area contributed by atoms with E-state index >= 15 is 0 Å². The lowest BCUT2D eigenvalue weighted by molar-refractivity contribution is -0.140. The van der Waals surface area contributed by atoms with E-state index in [1.54, 1.807) is 19.0 Å². The fourth-order valence-corrected chi connectivity index (χ4v) is 3.75. The number of ether oxygens (including phenoxy) is 3. The van der Waals surface area contributed by atoms with Crippen LogP contribution in [-0.2, 0) is 16.1 Å². The van der Waals surface area contributed by atoms with Gasteiger partial charge in [-0.3, -0.25) is 9.69 Å². The second kappa shape index (κ2) is 5.69. The number of benzene rings is 1. The van der Waals surface area contributed by atoms with Crippen molar-refractivity contribution in [3.05, 3.63) is 23.8 Å². The van der Waals surface area contributed by atoms with Crippen LogP contribution in [0.2, 0.25) is 0 Å². The number of fused-ring (bicyclic) bond motifs is 2. The summed E-state index contributed by atoms with van der Waals surface area (Å²) in [6.45, 7) is 2.16. The predicted molar refractivity (Wildman–Crippen MR) is 83.4 cm³/mol. The Morgan fingerprint density at radius 2 is 2.13 bits per heavy atom. The zero-order valence-electron chi connectivity index (χ0n) is 13.5. The van der Waals surface area contributed by atoms with Crippen molar-refractivity contribution >= 4 is 5.91 Å². The first kappa shape index (κ1) is 14.8. The van der Waals surface area contributed by atoms with Crippen LogP contribution in [-0.4, -0.2) is 61.4 Å². The maximum absolute atomic E-state index is 12.1. The van der Waals surface area contributed by atoms with Crippen molar-refractivity contribution in [2.24, 2.45) is 0 Å². The lowest BCUT2D eigenvalue weighted by atomic mass is 10.1. The van der Waals surface area contributed by atoms with Gasteiger partial charge in [-0.2, -0.15) is 0 Å². The maximum atomic E-state index is 12.1. The molecule has 3 atom stereocenters. The number of carbonyl (C=O) groups excluding carboxylic acids is 1. The predicted octanol–water partition coefficient (Wildman–Crippen LogP) is 1.24. The zero-order chi connectivity index (χ0) is 16.0. The molecule has 0 aromatic heterocycles. The molecule has 124 valence electrons. The summed E-state index contributed by atoms with van der Waals surface area (Å²) < 4.78 is 16.8. The molecule has 0 saturated carbocycles. The van der Waals surface area contributed by atoms with Gasteiger partial charge in [0.05, 0.1) is 6.10 Å². The minimum absolute atomic E-state index is 0.0717. The van der Waals surface area contributed by atoms with Gasteiger partial charge in [-0.15, -0.1) is 0 Å². The molecule has 0 aliphatic carbocycles. The van der Waals surface area contributed by atoms with Gasteiger partial charge in [0.1, 0.15) is 6.10 Å². The summed E-state index contributed by atoms with van der Waals surface area (Å²) in [4.78, 5) is 16.2. The average Bonchev–Trinajstić information content (AvgIpc) is 3.22. The van der Waals surface area contributed by atoms with Crippen LogP contribution in [0, 0.1) is 0 Å². The SMILES string of the molecule is CN(C)C(=O)[C@@H]1C[C@H]2[C@H](CCN2Cc2ccc3c(c2)OCO3)O1. The van der Waals surface area contributed by atoms with Crippen molar-refractivity contribution in [3.63, 3.8) is 0 Å². The van der Waals surface area contributed by atoms with Crippen molar-refractivity contribution in [2.75, 3.05) is 27.4 Å². The van der Waals surface area contributed by atoms with Crippen molar-refractivity contribution in [2.45, 2.75) is 37.6 Å². The number of carbonyl (C=O) groups is 1. The molecular formula is C17H22N2O4. The Morgan fingerprint density at radius 3 is 2.96 bits per heavy atom. The van der Waals surface area contributed by atoms with Gasteiger partial charge in [-0.1, -0.05) is 6.07 Å². The molecule has 2 fully saturated rings. The van der Waals surface area contributed by atoms with Crippen LogP contribution in [0.4, 0.5) is 0 Å². The van der Waals surface area contributed by atoms with Crippen LogP contribution < -0.4 is 9.47 Å². The molecule has 0 radical (unpaired) electrons. The van der Waals surface area contributed by atoms with Crippen LogP contribution in [0.1, 0.15) is 18.4 Å². The smallest absolute Gasteiger partial charge is 0.251 e. The third-order valence-corrected chi connectivity index (χ3v) is 4.93. The van der Waals surface area contributed by atoms with E-state index in [1.165, 1.54) is 5.56 Å². The van der Waals surface area contributed by atoms with E-state index in [-0.39, 0.29) is 18.1 Å². The number of likely N-dealkylation sites (tertiary alicyclic amines) is 1. The molecule has 3 heterocycles. The standard InChI is InChI=1S/C17H22N2O4/c1-18(2)17(20)16-8-12-13(23-16)5-6-19(12)9-11-3-4-14-15(7-11)22-10-21-14/h3-4,7,12-13,16H,5-6,8-10H2,1-2H3/t12-,13-,16-/m0/s1. The van der Waals surface area contributed by atoms with Gasteiger partial charge in [-0.05, 0) is 24.1 Å². The minimum Gasteiger partial charge on any atom is -0.454 e. The van der Waals surface area contributed by atoms with Crippen LogP contribution in [0.25, 0.3) is 0 Å². The summed E-state index contributed by atoms with van der Waals surface area (Å²) in [7, 11) is 3.56. The van der Waals surface area contributed by atoms with Crippen molar-refractivity contribution < 1.29 is 19.0 Å². The molecule has 3 aliphatic heterocycles. The fourth-order valence-electron chi connectivity index (χ4n) is 3.75. The molecule has 1 amide bonds. The first-order valence-electron chi connectivity index (χ1n) is 8.11. The van der Waals surface area contributed by atoms with E-state index in [2.05, 4.69) is 11.0 Å². The van der Waals surface area contributed by atoms with Gasteiger partial charge in [0.15, 0.2) is 11.5 Å². The Labute approximate surface area is 135 Å². The lowest BCUT2D eigenvalue weighted by Crippen LogP contribution is -2.35. The first-order valence-corrected chi connectivity index (χ1v) is 8.11. The van der Waals surface area contributed by atoms with Gasteiger partial charge < -0.3 is 19.1 Å². The molecule has 6 heteroatoms. The monoisotopic (exact) mass is 318 g/mol. The minimum atomic E-state index is -0.292. The summed E-state index contributed by atoms with van der Waals surface area (Å²) in [6, 6.07) is 6.43. The molecule has 6 nitrogen and oxygen atoms in total. The quantitative estimate of drug-likeness (QED) is 0.839. The highest BCUT2D eigenvalue weighted by Gasteiger charge is 2.45. The van der Waals surface area contributed by atoms with Gasteiger partial charge >= 0.3 is 0 Å². The normalized spacial score (nSPS) is 28.9. The molecule has 3 aliphatic rings. The van der Waals surface area contributed by atoms with Gasteiger partial charge in [0, 0.05) is 39.6 Å². The van der Waals surface area contributed by atoms with E-state index in [0.29, 0.717) is 12.8 Å². The summed E-state index contributed by atoms with van der Waals surface area (Å²) >= 11 is 0. The Bertz CT molecular complexity index is 619. The summed E-state index contributed by atoms with van der Waals surface area (Å²) in [5.41, 5.74) is 1.21. The highest BCUT2D eigenvalue weighted by molar-refractivity contribution is 5.80. The largest absolute Gasteiger partial charge is 0.454 e. The topological polar surface area (TPSA) is 51.2 Å². The van der Waals surface area contributed by atoms with E-state index in [9.17, 15) is 4.79 Å². The van der Waals surface area contributed by atoms with Crippen LogP contribution in [0.15, 0.2) is 18.2 Å². The van der Waals surface area contributed by atoms with E-state index in [0.717, 1.165) is 37.4 Å². The van der Waals surface area contributed by atoms with E-state index in [4.69, 9.17) is 14.2 Å². The molecule has 1 aromatic carbocycles. The third-order valence-electron chi connectivity index (χ3n) is 4.93. The molecule has 0 spiro atoms. The van der Waals surface area contributed by atoms with Crippen molar-refractivity contribution in [1.82, 2.24) is 9.80 Å². The summed E-state index contributed by atoms with van der Waals surface area (Å²) in [5.74, 6) is 1.71. The zero-order valence-corrected chi connectivity index (χ0v) is 13.5. The molecule has 2 saturated heterocycles. The molecule has 0 unspecified atom stereocenters. The molecule has 0 N–H and O–H groups in total. The third kappa shape index (κ3) is 2.66.